The summed E-state index contributed by atoms with van der Waals surface area (Å²) in [6.45, 7) is 8.81. The summed E-state index contributed by atoms with van der Waals surface area (Å²) in [6.07, 6.45) is -4.06. The van der Waals surface area contributed by atoms with Gasteiger partial charge >= 0.3 is 19.4 Å². The van der Waals surface area contributed by atoms with Crippen molar-refractivity contribution in [1.29, 1.82) is 0 Å². The molecule has 1 aliphatic carbocycles. The van der Waals surface area contributed by atoms with Crippen LogP contribution in [-0.4, -0.2) is 47.8 Å². The van der Waals surface area contributed by atoms with Crippen molar-refractivity contribution < 1.29 is 32.0 Å². The zero-order chi connectivity index (χ0) is 28.9. The Kier molecular flexibility index (Phi) is 7.08. The smallest absolute Gasteiger partial charge is 0.449 e. The number of aromatic amines is 1. The number of benzene rings is 2. The van der Waals surface area contributed by atoms with Gasteiger partial charge in [-0.15, -0.1) is 0 Å². The van der Waals surface area contributed by atoms with E-state index in [4.69, 9.17) is 14.0 Å². The molecule has 2 aromatic carbocycles. The molecule has 0 unspecified atom stereocenters. The van der Waals surface area contributed by atoms with Crippen LogP contribution < -0.4 is 5.32 Å². The summed E-state index contributed by atoms with van der Waals surface area (Å²) in [6, 6.07) is 16.0. The second kappa shape index (κ2) is 10.1. The number of fused-ring (bicyclic) bond motifs is 3. The van der Waals surface area contributed by atoms with E-state index in [1.807, 2.05) is 76.2 Å². The number of alkyl halides is 3. The zero-order valence-corrected chi connectivity index (χ0v) is 23.0. The number of halogens is 3. The maximum Gasteiger partial charge on any atom is 0.492 e. The second-order valence-corrected chi connectivity index (χ2v) is 11.1. The molecular weight excluding hydrogens is 522 g/mol. The highest BCUT2D eigenvalue weighted by Gasteiger charge is 2.52. The standard InChI is InChI=1S/C29H31BF3N3O4/c1-17-23(25(36-35-17)29(31,32)33)14-18(30-39-27(2,3)28(4,5)40-30)15-34-26(37)38-16-24-21-12-8-6-10-19(21)20-11-7-9-13-22(20)24/h6-14,24H,15-16H2,1-5H3,(H,34,37)(H,35,36). The lowest BCUT2D eigenvalue weighted by Crippen LogP contribution is -2.41. The van der Waals surface area contributed by atoms with Gasteiger partial charge in [-0.1, -0.05) is 54.6 Å². The third-order valence-electron chi connectivity index (χ3n) is 7.93. The summed E-state index contributed by atoms with van der Waals surface area (Å²) in [5.41, 5.74) is 2.20. The molecule has 2 aliphatic rings. The van der Waals surface area contributed by atoms with Crippen molar-refractivity contribution in [2.45, 2.75) is 57.9 Å². The molecule has 7 nitrogen and oxygen atoms in total. The summed E-state index contributed by atoms with van der Waals surface area (Å²) in [7, 11) is -0.991. The number of hydrogen-bond donors (Lipinski definition) is 2. The molecule has 0 atom stereocenters. The Balaban J connectivity index is 1.35. The van der Waals surface area contributed by atoms with Crippen LogP contribution in [0.2, 0.25) is 0 Å². The number of H-pyrrole nitrogens is 1. The number of rotatable bonds is 6. The van der Waals surface area contributed by atoms with Crippen LogP contribution in [0.15, 0.2) is 54.0 Å². The van der Waals surface area contributed by atoms with Crippen LogP contribution in [0.4, 0.5) is 18.0 Å². The number of nitrogens with zero attached hydrogens (tertiary/aromatic N) is 1. The SMILES string of the molecule is Cc1[nH]nc(C(F)(F)F)c1C=C(CNC(=O)OCC1c2ccccc2-c2ccccc21)B1OC(C)(C)C(C)(C)O1. The number of aromatic nitrogens is 2. The Morgan fingerprint density at radius 2 is 1.60 bits per heavy atom. The molecule has 0 spiro atoms. The molecule has 1 saturated heterocycles. The summed E-state index contributed by atoms with van der Waals surface area (Å²) in [4.78, 5) is 12.9. The van der Waals surface area contributed by atoms with E-state index >= 15 is 0 Å². The van der Waals surface area contributed by atoms with Crippen LogP contribution in [-0.2, 0) is 20.2 Å². The van der Waals surface area contributed by atoms with Crippen molar-refractivity contribution in [3.63, 3.8) is 0 Å². The van der Waals surface area contributed by atoms with Crippen molar-refractivity contribution in [1.82, 2.24) is 15.5 Å². The molecule has 5 rings (SSSR count). The number of nitrogens with one attached hydrogen (secondary N) is 2. The second-order valence-electron chi connectivity index (χ2n) is 11.1. The number of carbonyl (C=O) groups is 1. The monoisotopic (exact) mass is 553 g/mol. The van der Waals surface area contributed by atoms with Gasteiger partial charge in [0.15, 0.2) is 5.69 Å². The minimum atomic E-state index is -4.67. The molecular formula is C29H31BF3N3O4. The first-order valence-corrected chi connectivity index (χ1v) is 13.1. The van der Waals surface area contributed by atoms with Gasteiger partial charge in [-0.05, 0) is 62.3 Å². The van der Waals surface area contributed by atoms with Crippen molar-refractivity contribution in [2.75, 3.05) is 13.2 Å². The Hall–Kier alpha value is -3.57. The fourth-order valence-corrected chi connectivity index (χ4v) is 5.04. The van der Waals surface area contributed by atoms with Gasteiger partial charge in [0, 0.05) is 23.7 Å². The van der Waals surface area contributed by atoms with E-state index in [2.05, 4.69) is 15.5 Å². The molecule has 11 heteroatoms. The lowest BCUT2D eigenvalue weighted by molar-refractivity contribution is -0.141. The molecule has 1 fully saturated rings. The minimum Gasteiger partial charge on any atom is -0.449 e. The van der Waals surface area contributed by atoms with Crippen LogP contribution >= 0.6 is 0 Å². The van der Waals surface area contributed by atoms with Crippen molar-refractivity contribution in [3.05, 3.63) is 82.1 Å². The van der Waals surface area contributed by atoms with Gasteiger partial charge in [-0.2, -0.15) is 18.3 Å². The normalized spacial score (nSPS) is 18.0. The van der Waals surface area contributed by atoms with Gasteiger partial charge in [0.1, 0.15) is 6.61 Å². The Labute approximate surface area is 231 Å². The van der Waals surface area contributed by atoms with Gasteiger partial charge < -0.3 is 19.4 Å². The molecule has 0 bridgehead atoms. The van der Waals surface area contributed by atoms with Gasteiger partial charge in [0.05, 0.1) is 11.2 Å². The van der Waals surface area contributed by atoms with E-state index in [9.17, 15) is 18.0 Å². The Bertz CT molecular complexity index is 1400. The number of aryl methyl sites for hydroxylation is 1. The van der Waals surface area contributed by atoms with Gasteiger partial charge in [0.25, 0.3) is 0 Å². The molecule has 3 aromatic rings. The lowest BCUT2D eigenvalue weighted by Gasteiger charge is -2.32. The zero-order valence-electron chi connectivity index (χ0n) is 23.0. The fraction of sp³-hybridized carbons (Fsp3) is 0.379. The molecule has 2 N–H and O–H groups in total. The molecule has 1 amide bonds. The quantitative estimate of drug-likeness (QED) is 0.351. The van der Waals surface area contributed by atoms with E-state index in [1.165, 1.54) is 13.0 Å². The summed E-state index contributed by atoms with van der Waals surface area (Å²) < 4.78 is 58.7. The molecule has 1 aliphatic heterocycles. The molecule has 0 radical (unpaired) electrons. The predicted molar refractivity (Wildman–Crippen MR) is 145 cm³/mol. The molecule has 2 heterocycles. The van der Waals surface area contributed by atoms with Crippen LogP contribution in [0.25, 0.3) is 17.2 Å². The lowest BCUT2D eigenvalue weighted by atomic mass is 9.76. The van der Waals surface area contributed by atoms with Gasteiger partial charge in [0.2, 0.25) is 0 Å². The van der Waals surface area contributed by atoms with E-state index in [-0.39, 0.29) is 30.3 Å². The number of hydrogen-bond acceptors (Lipinski definition) is 5. The average molecular weight is 553 g/mol. The van der Waals surface area contributed by atoms with Crippen LogP contribution in [0.3, 0.4) is 0 Å². The van der Waals surface area contributed by atoms with Gasteiger partial charge in [-0.25, -0.2) is 4.79 Å². The number of carbonyl (C=O) groups excluding carboxylic acids is 1. The minimum absolute atomic E-state index is 0.106. The van der Waals surface area contributed by atoms with Crippen LogP contribution in [0, 0.1) is 6.92 Å². The van der Waals surface area contributed by atoms with E-state index in [0.29, 0.717) is 5.47 Å². The third-order valence-corrected chi connectivity index (χ3v) is 7.93. The number of alkyl carbamates (subject to hydrolysis) is 1. The van der Waals surface area contributed by atoms with Gasteiger partial charge in [-0.3, -0.25) is 5.10 Å². The molecule has 1 aromatic heterocycles. The van der Waals surface area contributed by atoms with Crippen molar-refractivity contribution in [2.24, 2.45) is 0 Å². The van der Waals surface area contributed by atoms with Crippen molar-refractivity contribution in [3.8, 4) is 11.1 Å². The predicted octanol–water partition coefficient (Wildman–Crippen LogP) is 6.29. The topological polar surface area (TPSA) is 85.5 Å². The van der Waals surface area contributed by atoms with Crippen LogP contribution in [0.5, 0.6) is 0 Å². The Morgan fingerprint density at radius 3 is 2.15 bits per heavy atom. The summed E-state index contributed by atoms with van der Waals surface area (Å²) >= 11 is 0. The third kappa shape index (κ3) is 5.15. The maximum atomic E-state index is 13.6. The highest BCUT2D eigenvalue weighted by atomic mass is 19.4. The highest BCUT2D eigenvalue weighted by Crippen LogP contribution is 2.44. The fourth-order valence-electron chi connectivity index (χ4n) is 5.04. The number of amides is 1. The van der Waals surface area contributed by atoms with E-state index < -0.39 is 36.3 Å². The first kappa shape index (κ1) is 28.0. The van der Waals surface area contributed by atoms with E-state index in [0.717, 1.165) is 22.3 Å². The number of ether oxygens (including phenoxy) is 1. The molecule has 0 saturated carbocycles. The van der Waals surface area contributed by atoms with Crippen molar-refractivity contribution >= 4 is 19.3 Å². The largest absolute Gasteiger partial charge is 0.492 e. The summed E-state index contributed by atoms with van der Waals surface area (Å²) in [5.74, 6) is -0.126. The summed E-state index contributed by atoms with van der Waals surface area (Å²) in [5, 5.41) is 8.51. The average Bonchev–Trinajstić information content (AvgIpc) is 3.48. The first-order valence-electron chi connectivity index (χ1n) is 13.1. The van der Waals surface area contributed by atoms with E-state index in [1.54, 1.807) is 0 Å². The molecule has 40 heavy (non-hydrogen) atoms. The highest BCUT2D eigenvalue weighted by molar-refractivity contribution is 6.56. The molecule has 210 valence electrons. The first-order chi connectivity index (χ1) is 18.8. The van der Waals surface area contributed by atoms with Crippen LogP contribution in [0.1, 0.15) is 61.7 Å². The Morgan fingerprint density at radius 1 is 1.05 bits per heavy atom. The maximum absolute atomic E-state index is 13.6.